The van der Waals surface area contributed by atoms with Gasteiger partial charge in [0.25, 0.3) is 0 Å². The number of benzene rings is 2. The molecule has 0 atom stereocenters. The molecule has 8 heteroatoms. The maximum atomic E-state index is 6.07. The molecule has 0 aliphatic heterocycles. The number of quaternary nitrogens is 2. The largest absolute Gasteiger partial charge is 1.00 e. The van der Waals surface area contributed by atoms with Crippen LogP contribution in [0.25, 0.3) is 11.1 Å². The van der Waals surface area contributed by atoms with Crippen molar-refractivity contribution in [1.82, 2.24) is 9.80 Å². The van der Waals surface area contributed by atoms with Gasteiger partial charge in [0.15, 0.2) is 0 Å². The molecule has 0 saturated carbocycles. The van der Waals surface area contributed by atoms with Crippen LogP contribution in [-0.2, 0) is 0 Å². The topological polar surface area (TPSA) is 24.9 Å². The van der Waals surface area contributed by atoms with Gasteiger partial charge in [-0.2, -0.15) is 0 Å². The molecule has 0 heterocycles. The van der Waals surface area contributed by atoms with Crippen molar-refractivity contribution in [2.75, 3.05) is 109 Å². The Kier molecular flexibility index (Phi) is 33.0. The lowest BCUT2D eigenvalue weighted by molar-refractivity contribution is -0.890. The van der Waals surface area contributed by atoms with Gasteiger partial charge in [0.1, 0.15) is 11.5 Å². The van der Waals surface area contributed by atoms with E-state index in [4.69, 9.17) is 9.47 Å². The van der Waals surface area contributed by atoms with Gasteiger partial charge >= 0.3 is 0 Å². The summed E-state index contributed by atoms with van der Waals surface area (Å²) in [6.07, 6.45) is 26.4. The Labute approximate surface area is 368 Å². The van der Waals surface area contributed by atoms with Crippen molar-refractivity contribution in [2.45, 2.75) is 128 Å². The molecule has 0 bridgehead atoms. The van der Waals surface area contributed by atoms with Gasteiger partial charge in [-0.25, -0.2) is 0 Å². The summed E-state index contributed by atoms with van der Waals surface area (Å²) in [6, 6.07) is 17.1. The van der Waals surface area contributed by atoms with Crippen molar-refractivity contribution >= 4 is 0 Å². The number of rotatable bonds is 35. The van der Waals surface area contributed by atoms with Crippen molar-refractivity contribution in [1.29, 1.82) is 0 Å². The highest BCUT2D eigenvalue weighted by molar-refractivity contribution is 5.64. The van der Waals surface area contributed by atoms with E-state index in [1.165, 1.54) is 175 Å². The highest BCUT2D eigenvalue weighted by Gasteiger charge is 2.15. The lowest BCUT2D eigenvalue weighted by atomic mass is 10.1. The Hall–Kier alpha value is -1.16. The van der Waals surface area contributed by atoms with Crippen LogP contribution < -0.4 is 43.4 Å². The predicted molar refractivity (Wildman–Crippen MR) is 236 cm³/mol. The van der Waals surface area contributed by atoms with E-state index in [0.29, 0.717) is 0 Å². The van der Waals surface area contributed by atoms with Gasteiger partial charge in [-0.1, -0.05) is 75.6 Å². The number of nitrogens with zero attached hydrogens (tertiary/aromatic N) is 4. The Bertz CT molecular complexity index is 1070. The first-order valence-electron chi connectivity index (χ1n) is 22.4. The summed E-state index contributed by atoms with van der Waals surface area (Å²) in [5.41, 5.74) is 2.43. The first-order valence-corrected chi connectivity index (χ1v) is 22.4. The zero-order valence-corrected chi connectivity index (χ0v) is 41.0. The molecule has 0 aromatic heterocycles. The zero-order chi connectivity index (χ0) is 39.3. The molecule has 0 fully saturated rings. The summed E-state index contributed by atoms with van der Waals surface area (Å²) in [6.45, 7) is 9.32. The minimum absolute atomic E-state index is 0. The Morgan fingerprint density at radius 1 is 0.357 bits per heavy atom. The second-order valence-corrected chi connectivity index (χ2v) is 18.2. The molecule has 0 aliphatic carbocycles. The number of hydrogen-bond donors (Lipinski definition) is 0. The van der Waals surface area contributed by atoms with Gasteiger partial charge in [-0.3, -0.25) is 0 Å². The van der Waals surface area contributed by atoms with Crippen molar-refractivity contribution in [3.8, 4) is 22.6 Å². The maximum Gasteiger partial charge on any atom is 0.119 e. The van der Waals surface area contributed by atoms with E-state index in [1.54, 1.807) is 0 Å². The molecule has 0 radical (unpaired) electrons. The summed E-state index contributed by atoms with van der Waals surface area (Å²) < 4.78 is 14.5. The van der Waals surface area contributed by atoms with E-state index in [1.807, 2.05) is 0 Å². The van der Waals surface area contributed by atoms with Crippen LogP contribution in [0.15, 0.2) is 48.5 Å². The first-order chi connectivity index (χ1) is 26.0. The van der Waals surface area contributed by atoms with E-state index in [9.17, 15) is 0 Å². The lowest BCUT2D eigenvalue weighted by Crippen LogP contribution is -3.00. The summed E-state index contributed by atoms with van der Waals surface area (Å²) in [5.74, 6) is 1.94. The van der Waals surface area contributed by atoms with E-state index in [-0.39, 0.29) is 34.0 Å². The highest BCUT2D eigenvalue weighted by atomic mass is 79.9. The third kappa shape index (κ3) is 30.0. The Morgan fingerprint density at radius 3 is 0.893 bits per heavy atom. The third-order valence-corrected chi connectivity index (χ3v) is 11.1. The van der Waals surface area contributed by atoms with E-state index < -0.39 is 0 Å². The lowest BCUT2D eigenvalue weighted by Gasteiger charge is -2.30. The SMILES string of the molecule is CN(C)CCCCCC[N+](C)(C)CCCCCCCCOc1ccc(-c2ccc(OCCCCCCCC[N+](C)(C)CCCCCCN(C)C)cc2)cc1.[Br-].[Br-]. The monoisotopic (exact) mass is 911 g/mol. The van der Waals surface area contributed by atoms with Crippen LogP contribution in [0.4, 0.5) is 0 Å². The average molecular weight is 913 g/mol. The standard InChI is InChI=1S/C48H88N4O2.2BrH/c1-49(2)37-21-13-17-25-41-51(5,6)39-23-15-9-11-19-27-43-53-47-33-29-45(30-34-47)46-31-35-48(36-32-46)54-44-28-20-12-10-16-24-40-52(7,8)42-26-18-14-22-38-50(3)4;;/h29-36H,9-28,37-44H2,1-8H3;2*1H/q+2;;/p-2. The molecule has 2 rings (SSSR count). The molecule has 0 aliphatic rings. The smallest absolute Gasteiger partial charge is 0.119 e. The van der Waals surface area contributed by atoms with Gasteiger partial charge in [0, 0.05) is 0 Å². The molecule has 2 aromatic rings. The summed E-state index contributed by atoms with van der Waals surface area (Å²) in [5, 5.41) is 0. The van der Waals surface area contributed by atoms with Gasteiger partial charge in [-0.15, -0.1) is 0 Å². The Balaban J connectivity index is 0.0000151. The fourth-order valence-electron chi connectivity index (χ4n) is 7.43. The van der Waals surface area contributed by atoms with Crippen molar-refractivity contribution < 1.29 is 52.4 Å². The number of halogens is 2. The minimum atomic E-state index is 0. The van der Waals surface area contributed by atoms with Gasteiger partial charge < -0.3 is 62.2 Å². The summed E-state index contributed by atoms with van der Waals surface area (Å²) in [7, 11) is 18.3. The molecular weight excluding hydrogens is 824 g/mol. The van der Waals surface area contributed by atoms with Gasteiger partial charge in [-0.05, 0) is 154 Å². The third-order valence-electron chi connectivity index (χ3n) is 11.1. The second kappa shape index (κ2) is 33.6. The van der Waals surface area contributed by atoms with Crippen LogP contribution in [-0.4, -0.2) is 128 Å². The molecule has 0 unspecified atom stereocenters. The second-order valence-electron chi connectivity index (χ2n) is 18.2. The van der Waals surface area contributed by atoms with E-state index in [0.717, 1.165) is 37.6 Å². The Morgan fingerprint density at radius 2 is 0.607 bits per heavy atom. The number of unbranched alkanes of at least 4 members (excludes halogenated alkanes) is 16. The van der Waals surface area contributed by atoms with Crippen LogP contribution in [0, 0.1) is 0 Å². The molecule has 0 N–H and O–H groups in total. The molecular formula is C48H88Br2N4O2. The molecule has 0 spiro atoms. The quantitative estimate of drug-likeness (QED) is 0.0703. The molecule has 2 aromatic carbocycles. The highest BCUT2D eigenvalue weighted by Crippen LogP contribution is 2.25. The van der Waals surface area contributed by atoms with Gasteiger partial charge in [0.05, 0.1) is 67.6 Å². The van der Waals surface area contributed by atoms with E-state index in [2.05, 4.69) is 115 Å². The average Bonchev–Trinajstić information content (AvgIpc) is 3.13. The van der Waals surface area contributed by atoms with Crippen molar-refractivity contribution in [3.63, 3.8) is 0 Å². The normalized spacial score (nSPS) is 11.8. The van der Waals surface area contributed by atoms with Crippen LogP contribution in [0.1, 0.15) is 128 Å². The molecule has 0 amide bonds. The maximum absolute atomic E-state index is 6.07. The van der Waals surface area contributed by atoms with Crippen molar-refractivity contribution in [2.24, 2.45) is 0 Å². The molecule has 0 saturated heterocycles. The predicted octanol–water partition coefficient (Wildman–Crippen LogP) is 5.20. The molecule has 6 nitrogen and oxygen atoms in total. The zero-order valence-electron chi connectivity index (χ0n) is 37.8. The van der Waals surface area contributed by atoms with Crippen LogP contribution in [0.2, 0.25) is 0 Å². The number of ether oxygens (including phenoxy) is 2. The summed E-state index contributed by atoms with van der Waals surface area (Å²) in [4.78, 5) is 4.59. The molecule has 326 valence electrons. The van der Waals surface area contributed by atoms with E-state index >= 15 is 0 Å². The molecule has 56 heavy (non-hydrogen) atoms. The van der Waals surface area contributed by atoms with Gasteiger partial charge in [0.2, 0.25) is 0 Å². The minimum Gasteiger partial charge on any atom is -1.00 e. The fourth-order valence-corrected chi connectivity index (χ4v) is 7.43. The fraction of sp³-hybridized carbons (Fsp3) is 0.750. The number of hydrogen-bond acceptors (Lipinski definition) is 4. The first kappa shape index (κ1) is 54.8. The van der Waals surface area contributed by atoms with Crippen LogP contribution in [0.3, 0.4) is 0 Å². The van der Waals surface area contributed by atoms with Crippen LogP contribution in [0.5, 0.6) is 11.5 Å². The summed E-state index contributed by atoms with van der Waals surface area (Å²) >= 11 is 0. The van der Waals surface area contributed by atoms with Crippen molar-refractivity contribution in [3.05, 3.63) is 48.5 Å². The van der Waals surface area contributed by atoms with Crippen LogP contribution >= 0.6 is 0 Å².